The van der Waals surface area contributed by atoms with Crippen molar-refractivity contribution in [1.82, 2.24) is 0 Å². The molecule has 94 valence electrons. The van der Waals surface area contributed by atoms with Gasteiger partial charge in [0.1, 0.15) is 0 Å². The highest BCUT2D eigenvalue weighted by atomic mass is 16.4. The SMILES string of the molecule is CC(C)CCCCC=CCCCCC(=O)O. The predicted octanol–water partition coefficient (Wildman–Crippen LogP) is 4.40. The highest BCUT2D eigenvalue weighted by Crippen LogP contribution is 2.09. The smallest absolute Gasteiger partial charge is 0.303 e. The molecule has 0 aromatic carbocycles. The van der Waals surface area contributed by atoms with Gasteiger partial charge < -0.3 is 5.11 Å². The highest BCUT2D eigenvalue weighted by Gasteiger charge is 1.94. The van der Waals surface area contributed by atoms with Gasteiger partial charge in [0.05, 0.1) is 0 Å². The maximum atomic E-state index is 10.2. The van der Waals surface area contributed by atoms with E-state index >= 15 is 0 Å². The van der Waals surface area contributed by atoms with Gasteiger partial charge in [-0.2, -0.15) is 0 Å². The minimum atomic E-state index is -0.683. The Labute approximate surface area is 99.7 Å². The summed E-state index contributed by atoms with van der Waals surface area (Å²) in [5.74, 6) is 0.137. The molecule has 16 heavy (non-hydrogen) atoms. The number of carbonyl (C=O) groups is 1. The number of carboxylic acids is 1. The standard InChI is InChI=1S/C14H26O2/c1-13(2)11-9-7-5-3-4-6-8-10-12-14(15)16/h3-4,13H,5-12H2,1-2H3,(H,15,16). The molecule has 0 rings (SSSR count). The average Bonchev–Trinajstić information content (AvgIpc) is 2.20. The third-order valence-electron chi connectivity index (χ3n) is 2.58. The van der Waals surface area contributed by atoms with Crippen LogP contribution in [0.2, 0.25) is 0 Å². The fourth-order valence-corrected chi connectivity index (χ4v) is 1.59. The number of unbranched alkanes of at least 4 members (excludes halogenated alkanes) is 4. The fraction of sp³-hybridized carbons (Fsp3) is 0.786. The van der Waals surface area contributed by atoms with Crippen LogP contribution in [0.3, 0.4) is 0 Å². The van der Waals surface area contributed by atoms with E-state index in [-0.39, 0.29) is 0 Å². The molecular formula is C14H26O2. The molecule has 0 radical (unpaired) electrons. The molecule has 0 aromatic heterocycles. The van der Waals surface area contributed by atoms with Crippen LogP contribution in [0.15, 0.2) is 12.2 Å². The number of allylic oxidation sites excluding steroid dienone is 2. The van der Waals surface area contributed by atoms with E-state index in [0.29, 0.717) is 6.42 Å². The zero-order valence-corrected chi connectivity index (χ0v) is 10.7. The van der Waals surface area contributed by atoms with Crippen LogP contribution < -0.4 is 0 Å². The van der Waals surface area contributed by atoms with Crippen molar-refractivity contribution in [3.05, 3.63) is 12.2 Å². The number of rotatable bonds is 10. The number of hydrogen-bond acceptors (Lipinski definition) is 1. The summed E-state index contributed by atoms with van der Waals surface area (Å²) in [4.78, 5) is 10.2. The fourth-order valence-electron chi connectivity index (χ4n) is 1.59. The maximum absolute atomic E-state index is 10.2. The summed E-state index contributed by atoms with van der Waals surface area (Å²) in [6.07, 6.45) is 12.7. The molecule has 0 aliphatic heterocycles. The van der Waals surface area contributed by atoms with Crippen molar-refractivity contribution in [2.24, 2.45) is 5.92 Å². The highest BCUT2D eigenvalue weighted by molar-refractivity contribution is 5.66. The Kier molecular flexibility index (Phi) is 10.2. The molecule has 0 amide bonds. The summed E-state index contributed by atoms with van der Waals surface area (Å²) in [5.41, 5.74) is 0. The Bertz CT molecular complexity index is 195. The first kappa shape index (κ1) is 15.2. The van der Waals surface area contributed by atoms with E-state index in [1.807, 2.05) is 0 Å². The van der Waals surface area contributed by atoms with E-state index in [9.17, 15) is 4.79 Å². The van der Waals surface area contributed by atoms with Crippen LogP contribution in [-0.4, -0.2) is 11.1 Å². The van der Waals surface area contributed by atoms with Gasteiger partial charge in [0.15, 0.2) is 0 Å². The van der Waals surface area contributed by atoms with Crippen molar-refractivity contribution in [3.63, 3.8) is 0 Å². The van der Waals surface area contributed by atoms with Gasteiger partial charge in [0.2, 0.25) is 0 Å². The Morgan fingerprint density at radius 1 is 1.06 bits per heavy atom. The summed E-state index contributed by atoms with van der Waals surface area (Å²) >= 11 is 0. The molecule has 0 saturated carbocycles. The Balaban J connectivity index is 3.13. The minimum absolute atomic E-state index is 0.308. The largest absolute Gasteiger partial charge is 0.481 e. The lowest BCUT2D eigenvalue weighted by molar-refractivity contribution is -0.137. The first-order valence-corrected chi connectivity index (χ1v) is 6.49. The molecule has 0 fully saturated rings. The van der Waals surface area contributed by atoms with Crippen LogP contribution in [0.4, 0.5) is 0 Å². The molecular weight excluding hydrogens is 200 g/mol. The van der Waals surface area contributed by atoms with Crippen molar-refractivity contribution >= 4 is 5.97 Å². The van der Waals surface area contributed by atoms with Crippen LogP contribution in [0.25, 0.3) is 0 Å². The number of carboxylic acid groups (broad SMARTS) is 1. The lowest BCUT2D eigenvalue weighted by Crippen LogP contribution is -1.92. The Hall–Kier alpha value is -0.790. The topological polar surface area (TPSA) is 37.3 Å². The third kappa shape index (κ3) is 13.2. The third-order valence-corrected chi connectivity index (χ3v) is 2.58. The van der Waals surface area contributed by atoms with Crippen LogP contribution in [0.5, 0.6) is 0 Å². The minimum Gasteiger partial charge on any atom is -0.481 e. The van der Waals surface area contributed by atoms with Crippen LogP contribution in [-0.2, 0) is 4.79 Å². The monoisotopic (exact) mass is 226 g/mol. The zero-order valence-electron chi connectivity index (χ0n) is 10.7. The molecule has 0 bridgehead atoms. The van der Waals surface area contributed by atoms with Crippen molar-refractivity contribution in [2.45, 2.75) is 65.2 Å². The Morgan fingerprint density at radius 2 is 1.62 bits per heavy atom. The first-order chi connectivity index (χ1) is 7.63. The molecule has 0 saturated heterocycles. The summed E-state index contributed by atoms with van der Waals surface area (Å²) in [6.45, 7) is 4.52. The van der Waals surface area contributed by atoms with Crippen LogP contribution in [0.1, 0.15) is 65.2 Å². The normalized spacial score (nSPS) is 11.4. The van der Waals surface area contributed by atoms with Gasteiger partial charge >= 0.3 is 5.97 Å². The van der Waals surface area contributed by atoms with E-state index in [1.54, 1.807) is 0 Å². The van der Waals surface area contributed by atoms with Crippen LogP contribution >= 0.6 is 0 Å². The zero-order chi connectivity index (χ0) is 12.2. The second-order valence-corrected chi connectivity index (χ2v) is 4.79. The van der Waals surface area contributed by atoms with Crippen molar-refractivity contribution in [1.29, 1.82) is 0 Å². The lowest BCUT2D eigenvalue weighted by Gasteiger charge is -2.01. The van der Waals surface area contributed by atoms with E-state index in [0.717, 1.165) is 25.2 Å². The molecule has 0 atom stereocenters. The summed E-state index contributed by atoms with van der Waals surface area (Å²) < 4.78 is 0. The van der Waals surface area contributed by atoms with E-state index in [1.165, 1.54) is 25.7 Å². The second kappa shape index (κ2) is 10.7. The Morgan fingerprint density at radius 3 is 2.12 bits per heavy atom. The summed E-state index contributed by atoms with van der Waals surface area (Å²) in [5, 5.41) is 8.44. The van der Waals surface area contributed by atoms with Gasteiger partial charge in [0, 0.05) is 6.42 Å². The van der Waals surface area contributed by atoms with Crippen molar-refractivity contribution in [3.8, 4) is 0 Å². The number of aliphatic carboxylic acids is 1. The van der Waals surface area contributed by atoms with Gasteiger partial charge in [0.25, 0.3) is 0 Å². The molecule has 2 nitrogen and oxygen atoms in total. The van der Waals surface area contributed by atoms with E-state index in [2.05, 4.69) is 26.0 Å². The average molecular weight is 226 g/mol. The molecule has 1 N–H and O–H groups in total. The molecule has 0 heterocycles. The molecule has 0 aliphatic rings. The lowest BCUT2D eigenvalue weighted by atomic mass is 10.1. The molecule has 0 aromatic rings. The molecule has 0 unspecified atom stereocenters. The first-order valence-electron chi connectivity index (χ1n) is 6.49. The number of hydrogen-bond donors (Lipinski definition) is 1. The summed E-state index contributed by atoms with van der Waals surface area (Å²) in [6, 6.07) is 0. The second-order valence-electron chi connectivity index (χ2n) is 4.79. The van der Waals surface area contributed by atoms with Crippen LogP contribution in [0, 0.1) is 5.92 Å². The van der Waals surface area contributed by atoms with Gasteiger partial charge in [-0.25, -0.2) is 0 Å². The van der Waals surface area contributed by atoms with E-state index < -0.39 is 5.97 Å². The molecule has 2 heteroatoms. The molecule has 0 spiro atoms. The van der Waals surface area contributed by atoms with Crippen molar-refractivity contribution < 1.29 is 9.90 Å². The quantitative estimate of drug-likeness (QED) is 0.442. The van der Waals surface area contributed by atoms with E-state index in [4.69, 9.17) is 5.11 Å². The van der Waals surface area contributed by atoms with Gasteiger partial charge in [-0.05, 0) is 38.0 Å². The maximum Gasteiger partial charge on any atom is 0.303 e. The summed E-state index contributed by atoms with van der Waals surface area (Å²) in [7, 11) is 0. The van der Waals surface area contributed by atoms with Crippen molar-refractivity contribution in [2.75, 3.05) is 0 Å². The predicted molar refractivity (Wildman–Crippen MR) is 68.5 cm³/mol. The van der Waals surface area contributed by atoms with Gasteiger partial charge in [-0.1, -0.05) is 38.8 Å². The molecule has 0 aliphatic carbocycles. The van der Waals surface area contributed by atoms with Gasteiger partial charge in [-0.3, -0.25) is 4.79 Å². The van der Waals surface area contributed by atoms with Gasteiger partial charge in [-0.15, -0.1) is 0 Å².